The molecule has 0 aromatic heterocycles. The molecule has 2 aromatic rings. The van der Waals surface area contributed by atoms with Crippen LogP contribution >= 0.6 is 0 Å². The molecule has 0 aliphatic heterocycles. The molecule has 0 bridgehead atoms. The Balaban J connectivity index is 1.67. The molecule has 2 aromatic carbocycles. The minimum Gasteiger partial charge on any atom is -0.0998 e. The fourth-order valence-corrected chi connectivity index (χ4v) is 5.24. The quantitative estimate of drug-likeness (QED) is 0.332. The fourth-order valence-electron chi connectivity index (χ4n) is 5.24. The Labute approximate surface area is 197 Å². The molecule has 0 amide bonds. The van der Waals surface area contributed by atoms with Crippen LogP contribution in [0.25, 0.3) is 0 Å². The Morgan fingerprint density at radius 1 is 1.00 bits per heavy atom. The molecular formula is C32H42. The minimum absolute atomic E-state index is 0.454. The van der Waals surface area contributed by atoms with Crippen LogP contribution in [-0.4, -0.2) is 0 Å². The van der Waals surface area contributed by atoms with Crippen LogP contribution < -0.4 is 0 Å². The topological polar surface area (TPSA) is 0 Å². The number of allylic oxidation sites excluding steroid dienone is 4. The van der Waals surface area contributed by atoms with Gasteiger partial charge in [0.25, 0.3) is 0 Å². The highest BCUT2D eigenvalue weighted by Gasteiger charge is 2.24. The summed E-state index contributed by atoms with van der Waals surface area (Å²) in [6.07, 6.45) is 9.41. The maximum atomic E-state index is 4.57. The van der Waals surface area contributed by atoms with Crippen molar-refractivity contribution in [3.63, 3.8) is 0 Å². The van der Waals surface area contributed by atoms with Gasteiger partial charge in [0.2, 0.25) is 0 Å². The molecule has 1 unspecified atom stereocenters. The summed E-state index contributed by atoms with van der Waals surface area (Å²) in [6, 6.07) is 20.1. The first-order valence-corrected chi connectivity index (χ1v) is 12.5. The summed E-state index contributed by atoms with van der Waals surface area (Å²) < 4.78 is 0. The van der Waals surface area contributed by atoms with Crippen molar-refractivity contribution in [1.29, 1.82) is 0 Å². The molecule has 170 valence electrons. The van der Waals surface area contributed by atoms with Crippen LogP contribution in [-0.2, 0) is 12.8 Å². The van der Waals surface area contributed by atoms with E-state index in [9.17, 15) is 0 Å². The van der Waals surface area contributed by atoms with E-state index < -0.39 is 0 Å². The monoisotopic (exact) mass is 426 g/mol. The average Bonchev–Trinajstić information content (AvgIpc) is 2.79. The van der Waals surface area contributed by atoms with E-state index in [1.807, 2.05) is 0 Å². The van der Waals surface area contributed by atoms with Crippen molar-refractivity contribution in [2.24, 2.45) is 17.8 Å². The van der Waals surface area contributed by atoms with Crippen molar-refractivity contribution in [3.8, 4) is 0 Å². The molecule has 0 nitrogen and oxygen atoms in total. The van der Waals surface area contributed by atoms with E-state index in [0.29, 0.717) is 17.8 Å². The van der Waals surface area contributed by atoms with E-state index in [1.165, 1.54) is 52.7 Å². The van der Waals surface area contributed by atoms with Gasteiger partial charge in [-0.3, -0.25) is 0 Å². The van der Waals surface area contributed by atoms with Gasteiger partial charge in [-0.2, -0.15) is 0 Å². The first-order chi connectivity index (χ1) is 15.4. The smallest absolute Gasteiger partial charge is 0.0128 e. The second-order valence-electron chi connectivity index (χ2n) is 10.3. The van der Waals surface area contributed by atoms with Gasteiger partial charge < -0.3 is 0 Å². The lowest BCUT2D eigenvalue weighted by molar-refractivity contribution is 0.381. The lowest BCUT2D eigenvalue weighted by Gasteiger charge is -2.30. The lowest BCUT2D eigenvalue weighted by atomic mass is 9.75. The van der Waals surface area contributed by atoms with Crippen LogP contribution in [0.5, 0.6) is 0 Å². The Bertz CT molecular complexity index is 912. The van der Waals surface area contributed by atoms with Crippen LogP contribution in [0.1, 0.15) is 76.0 Å². The van der Waals surface area contributed by atoms with Crippen molar-refractivity contribution in [3.05, 3.63) is 107 Å². The Morgan fingerprint density at radius 3 is 2.28 bits per heavy atom. The van der Waals surface area contributed by atoms with Gasteiger partial charge in [0.1, 0.15) is 0 Å². The van der Waals surface area contributed by atoms with Gasteiger partial charge in [0, 0.05) is 0 Å². The largest absolute Gasteiger partial charge is 0.0998 e. The zero-order valence-corrected chi connectivity index (χ0v) is 20.7. The van der Waals surface area contributed by atoms with E-state index >= 15 is 0 Å². The first kappa shape index (κ1) is 24.3. The van der Waals surface area contributed by atoms with Gasteiger partial charge in [0.15, 0.2) is 0 Å². The average molecular weight is 427 g/mol. The second kappa shape index (κ2) is 11.5. The number of aryl methyl sites for hydroxylation is 1. The molecule has 1 aliphatic carbocycles. The molecule has 3 rings (SSSR count). The maximum absolute atomic E-state index is 4.57. The van der Waals surface area contributed by atoms with Crippen molar-refractivity contribution in [2.75, 3.05) is 0 Å². The second-order valence-corrected chi connectivity index (χ2v) is 10.3. The van der Waals surface area contributed by atoms with Crippen molar-refractivity contribution in [1.82, 2.24) is 0 Å². The van der Waals surface area contributed by atoms with Crippen molar-refractivity contribution in [2.45, 2.75) is 72.1 Å². The summed E-state index contributed by atoms with van der Waals surface area (Å²) in [6.45, 7) is 18.1. The van der Waals surface area contributed by atoms with Crippen molar-refractivity contribution < 1.29 is 0 Å². The Morgan fingerprint density at radius 2 is 1.66 bits per heavy atom. The van der Waals surface area contributed by atoms with E-state index in [0.717, 1.165) is 25.2 Å². The molecule has 32 heavy (non-hydrogen) atoms. The van der Waals surface area contributed by atoms with Crippen LogP contribution in [0.3, 0.4) is 0 Å². The van der Waals surface area contributed by atoms with Gasteiger partial charge in [-0.05, 0) is 91.4 Å². The Hall–Kier alpha value is -2.34. The molecule has 0 saturated carbocycles. The molecule has 0 N–H and O–H groups in total. The molecule has 0 radical (unpaired) electrons. The summed E-state index contributed by atoms with van der Waals surface area (Å²) in [5.74, 6) is 2.41. The highest BCUT2D eigenvalue weighted by molar-refractivity contribution is 5.33. The fraction of sp³-hybridized carbons (Fsp3) is 0.438. The van der Waals surface area contributed by atoms with Crippen LogP contribution in [0.4, 0.5) is 0 Å². The van der Waals surface area contributed by atoms with Gasteiger partial charge in [-0.25, -0.2) is 0 Å². The predicted molar refractivity (Wildman–Crippen MR) is 141 cm³/mol. The number of hydrogen-bond acceptors (Lipinski definition) is 0. The molecule has 4 atom stereocenters. The molecule has 0 heterocycles. The van der Waals surface area contributed by atoms with Crippen LogP contribution in [0, 0.1) is 17.8 Å². The summed E-state index contributed by atoms with van der Waals surface area (Å²) in [5, 5.41) is 0. The van der Waals surface area contributed by atoms with E-state index in [2.05, 4.69) is 102 Å². The third-order valence-corrected chi connectivity index (χ3v) is 7.29. The van der Waals surface area contributed by atoms with Gasteiger partial charge in [-0.15, -0.1) is 0 Å². The maximum Gasteiger partial charge on any atom is -0.0128 e. The van der Waals surface area contributed by atoms with Gasteiger partial charge >= 0.3 is 0 Å². The van der Waals surface area contributed by atoms with Gasteiger partial charge in [-0.1, -0.05) is 106 Å². The predicted octanol–water partition coefficient (Wildman–Crippen LogP) is 9.10. The molecule has 0 saturated heterocycles. The van der Waals surface area contributed by atoms with E-state index in [4.69, 9.17) is 0 Å². The van der Waals surface area contributed by atoms with E-state index in [-0.39, 0.29) is 0 Å². The van der Waals surface area contributed by atoms with E-state index in [1.54, 1.807) is 0 Å². The number of rotatable bonds is 10. The molecular weight excluding hydrogens is 384 g/mol. The highest BCUT2D eigenvalue weighted by Crippen LogP contribution is 2.38. The summed E-state index contributed by atoms with van der Waals surface area (Å²) in [4.78, 5) is 0. The number of benzene rings is 2. The summed E-state index contributed by atoms with van der Waals surface area (Å²) in [7, 11) is 0. The third kappa shape index (κ3) is 6.83. The summed E-state index contributed by atoms with van der Waals surface area (Å²) >= 11 is 0. The molecule has 1 aliphatic rings. The first-order valence-electron chi connectivity index (χ1n) is 12.5. The zero-order chi connectivity index (χ0) is 23.1. The molecule has 0 fully saturated rings. The van der Waals surface area contributed by atoms with Gasteiger partial charge in [0.05, 0.1) is 0 Å². The van der Waals surface area contributed by atoms with Crippen molar-refractivity contribution >= 4 is 0 Å². The molecule has 0 heteroatoms. The normalized spacial score (nSPS) is 20.3. The highest BCUT2D eigenvalue weighted by atomic mass is 14.3. The van der Waals surface area contributed by atoms with Crippen LogP contribution in [0.15, 0.2) is 90.6 Å². The SMILES string of the molecule is C=C(C[C@@H](Cc1ccc(CC)cc1)C(=C)C)C1=C[C@@H](CC(C)c2ccccc2)C[C@H](C)C1. The van der Waals surface area contributed by atoms with Crippen LogP contribution in [0.2, 0.25) is 0 Å². The zero-order valence-electron chi connectivity index (χ0n) is 20.7. The lowest BCUT2D eigenvalue weighted by Crippen LogP contribution is -2.16. The third-order valence-electron chi connectivity index (χ3n) is 7.29. The molecule has 0 spiro atoms. The standard InChI is InChI=1S/C32H42/c1-7-27-13-15-28(16-14-27)21-31(23(2)3)20-26(6)32-18-24(4)17-29(22-32)19-25(5)30-11-9-8-10-12-30/h8-16,22,24-25,29,31H,2,6-7,17-21H2,1,3-5H3/t24-,25?,29+,31-/m0/s1. The Kier molecular flexibility index (Phi) is 8.74. The summed E-state index contributed by atoms with van der Waals surface area (Å²) in [5.41, 5.74) is 8.36. The minimum atomic E-state index is 0.454. The number of hydrogen-bond donors (Lipinski definition) is 0.